The van der Waals surface area contributed by atoms with Gasteiger partial charge in [-0.1, -0.05) is 0 Å². The van der Waals surface area contributed by atoms with E-state index in [-0.39, 0.29) is 234 Å². The van der Waals surface area contributed by atoms with E-state index in [4.69, 9.17) is 72.2 Å². The van der Waals surface area contributed by atoms with Gasteiger partial charge in [-0.3, -0.25) is 57.2 Å². The summed E-state index contributed by atoms with van der Waals surface area (Å²) in [5.41, 5.74) is 0. The smallest absolute Gasteiger partial charge is 0.305 e. The Kier molecular flexibility index (Phi) is 50.3. The van der Waals surface area contributed by atoms with E-state index in [1.807, 2.05) is 0 Å². The standard InChI is InChI=1S/C51H99N6O27P3/c58-46(52-7-19-76-25-31-82-37-34-79-28-22-73-16-1-49(61)62)4-40-85(67,68)43-55-10-12-56(44-86(69,70)41-5-47(59)53-8-20-77-26-32-83-38-35-80-29-23-74-17-2-50(63)64)14-15-57(13-11-55)45-87(71,72)42-6-48(60)54-9-21-78-27-33-84-39-36-81-30-24-75-18-3-51(65)66/h1-45H2,(H,52,58)(H,53,59)(H,54,60)(H,61,62)(H,63,64)(H,65,66)(H,67,68)(H,69,70)(H,71,72). The van der Waals surface area contributed by atoms with Crippen LogP contribution >= 0.6 is 22.1 Å². The highest BCUT2D eigenvalue weighted by Gasteiger charge is 2.31. The van der Waals surface area contributed by atoms with Crippen LogP contribution < -0.4 is 16.0 Å². The molecule has 1 saturated heterocycles. The van der Waals surface area contributed by atoms with E-state index >= 15 is 0 Å². The van der Waals surface area contributed by atoms with E-state index in [1.54, 1.807) is 14.7 Å². The second kappa shape index (κ2) is 53.5. The van der Waals surface area contributed by atoms with Crippen LogP contribution in [0.3, 0.4) is 0 Å². The number of nitrogens with one attached hydrogen (secondary N) is 3. The topological polar surface area (TPSA) is 432 Å². The Morgan fingerprint density at radius 2 is 0.460 bits per heavy atom. The Bertz CT molecular complexity index is 1770. The highest BCUT2D eigenvalue weighted by Crippen LogP contribution is 2.44. The predicted molar refractivity (Wildman–Crippen MR) is 313 cm³/mol. The summed E-state index contributed by atoms with van der Waals surface area (Å²) in [6, 6.07) is 0. The molecule has 87 heavy (non-hydrogen) atoms. The van der Waals surface area contributed by atoms with E-state index in [9.17, 15) is 57.1 Å². The summed E-state index contributed by atoms with van der Waals surface area (Å²) in [5.74, 6) is -4.22. The molecule has 1 aliphatic heterocycles. The molecule has 3 unspecified atom stereocenters. The molecule has 36 heteroatoms. The van der Waals surface area contributed by atoms with Gasteiger partial charge in [0.2, 0.25) is 39.8 Å². The van der Waals surface area contributed by atoms with Gasteiger partial charge in [0, 0.05) is 96.7 Å². The van der Waals surface area contributed by atoms with Crippen molar-refractivity contribution < 1.29 is 129 Å². The number of aliphatic carboxylic acids is 3. The summed E-state index contributed by atoms with van der Waals surface area (Å²) < 4.78 is 105. The number of rotatable bonds is 60. The highest BCUT2D eigenvalue weighted by molar-refractivity contribution is 7.58. The molecular formula is C51H99N6O27P3. The predicted octanol–water partition coefficient (Wildman–Crippen LogP) is -1.27. The summed E-state index contributed by atoms with van der Waals surface area (Å²) in [6.45, 7) is 7.29. The van der Waals surface area contributed by atoms with Crippen molar-refractivity contribution in [2.75, 3.05) is 255 Å². The first-order valence-corrected chi connectivity index (χ1v) is 35.2. The third kappa shape index (κ3) is 55.4. The first kappa shape index (κ1) is 81.8. The van der Waals surface area contributed by atoms with Gasteiger partial charge in [-0.25, -0.2) is 0 Å². The Hall–Kier alpha value is -3.21. The zero-order valence-corrected chi connectivity index (χ0v) is 52.9. The number of ether oxygens (including phenoxy) is 12. The molecular weight excluding hydrogens is 1220 g/mol. The minimum Gasteiger partial charge on any atom is -0.481 e. The van der Waals surface area contributed by atoms with Crippen LogP contribution in [0.2, 0.25) is 0 Å². The number of amides is 3. The minimum atomic E-state index is -3.99. The van der Waals surface area contributed by atoms with Gasteiger partial charge in [-0.05, 0) is 0 Å². The maximum atomic E-state index is 13.6. The van der Waals surface area contributed by atoms with Crippen molar-refractivity contribution in [2.24, 2.45) is 0 Å². The highest BCUT2D eigenvalue weighted by atomic mass is 31.2. The fourth-order valence-corrected chi connectivity index (χ4v) is 12.2. The lowest BCUT2D eigenvalue weighted by atomic mass is 10.4. The van der Waals surface area contributed by atoms with Crippen LogP contribution in [0.1, 0.15) is 38.5 Å². The van der Waals surface area contributed by atoms with E-state index in [0.717, 1.165) is 0 Å². The summed E-state index contributed by atoms with van der Waals surface area (Å²) in [4.78, 5) is 108. The van der Waals surface area contributed by atoms with Crippen LogP contribution in [0.15, 0.2) is 0 Å². The molecule has 0 aromatic rings. The molecule has 33 nitrogen and oxygen atoms in total. The number of carbonyl (C=O) groups is 6. The van der Waals surface area contributed by atoms with Crippen molar-refractivity contribution in [3.63, 3.8) is 0 Å². The minimum absolute atomic E-state index is 0.0807. The number of carboxylic acid groups (broad SMARTS) is 3. The number of carboxylic acids is 3. The largest absolute Gasteiger partial charge is 0.481 e. The van der Waals surface area contributed by atoms with Crippen LogP contribution in [-0.2, 0) is 99.3 Å². The summed E-state index contributed by atoms with van der Waals surface area (Å²) >= 11 is 0. The number of hydrogen-bond donors (Lipinski definition) is 9. The van der Waals surface area contributed by atoms with Gasteiger partial charge < -0.3 is 103 Å². The molecule has 3 atom stereocenters. The van der Waals surface area contributed by atoms with Crippen molar-refractivity contribution in [2.45, 2.75) is 38.5 Å². The Balaban J connectivity index is 2.65. The van der Waals surface area contributed by atoms with Gasteiger partial charge in [-0.15, -0.1) is 0 Å². The van der Waals surface area contributed by atoms with Gasteiger partial charge >= 0.3 is 17.9 Å². The van der Waals surface area contributed by atoms with Gasteiger partial charge in [0.05, 0.1) is 197 Å². The lowest BCUT2D eigenvalue weighted by Gasteiger charge is -2.28. The van der Waals surface area contributed by atoms with E-state index in [0.29, 0.717) is 59.5 Å². The average molecular weight is 1320 g/mol. The Labute approximate surface area is 509 Å². The molecule has 510 valence electrons. The maximum absolute atomic E-state index is 13.6. The summed E-state index contributed by atoms with van der Waals surface area (Å²) in [6.07, 6.45) is -3.08. The van der Waals surface area contributed by atoms with Crippen LogP contribution in [0.5, 0.6) is 0 Å². The number of nitrogens with zero attached hydrogens (tertiary/aromatic N) is 3. The Morgan fingerprint density at radius 1 is 0.287 bits per heavy atom. The van der Waals surface area contributed by atoms with Crippen LogP contribution in [0.25, 0.3) is 0 Å². The van der Waals surface area contributed by atoms with Crippen molar-refractivity contribution in [1.29, 1.82) is 0 Å². The first-order valence-electron chi connectivity index (χ1n) is 29.1. The van der Waals surface area contributed by atoms with Crippen LogP contribution in [0, 0.1) is 0 Å². The third-order valence-corrected chi connectivity index (χ3v) is 17.3. The van der Waals surface area contributed by atoms with E-state index in [1.165, 1.54) is 0 Å². The monoisotopic (exact) mass is 1320 g/mol. The molecule has 0 aliphatic carbocycles. The van der Waals surface area contributed by atoms with Gasteiger partial charge in [-0.2, -0.15) is 0 Å². The molecule has 0 radical (unpaired) electrons. The maximum Gasteiger partial charge on any atom is 0.305 e. The van der Waals surface area contributed by atoms with Crippen LogP contribution in [-0.4, -0.2) is 335 Å². The SMILES string of the molecule is O=C(O)CCOCCOCCOCCOCCNC(=O)CCP(=O)(O)CN1CCN(CP(=O)(O)CCC(=O)NCCOCCOCCOCCOCCC(=O)O)CCN(CP(=O)(O)CCC(=O)NCCOCCOCCOCCOCCC(=O)O)CC1. The first-order chi connectivity index (χ1) is 41.7. The molecule has 1 rings (SSSR count). The van der Waals surface area contributed by atoms with Crippen molar-refractivity contribution in [3.05, 3.63) is 0 Å². The van der Waals surface area contributed by atoms with Gasteiger partial charge in [0.1, 0.15) is 0 Å². The van der Waals surface area contributed by atoms with E-state index in [2.05, 4.69) is 16.0 Å². The summed E-state index contributed by atoms with van der Waals surface area (Å²) in [7, 11) is -12.0. The zero-order valence-electron chi connectivity index (χ0n) is 50.3. The molecule has 9 N–H and O–H groups in total. The van der Waals surface area contributed by atoms with Crippen molar-refractivity contribution in [3.8, 4) is 0 Å². The van der Waals surface area contributed by atoms with Gasteiger partial charge in [0.25, 0.3) is 0 Å². The second-order valence-corrected chi connectivity index (χ2v) is 26.8. The van der Waals surface area contributed by atoms with Crippen molar-refractivity contribution in [1.82, 2.24) is 30.7 Å². The van der Waals surface area contributed by atoms with Crippen molar-refractivity contribution >= 4 is 57.7 Å². The molecule has 0 aromatic carbocycles. The molecule has 1 aliphatic rings. The van der Waals surface area contributed by atoms with E-state index < -0.39 is 57.7 Å². The molecule has 0 aromatic heterocycles. The summed E-state index contributed by atoms with van der Waals surface area (Å²) in [5, 5.41) is 33.8. The molecule has 0 saturated carbocycles. The lowest BCUT2D eigenvalue weighted by Crippen LogP contribution is -2.37. The lowest BCUT2D eigenvalue weighted by molar-refractivity contribution is -0.139. The molecule has 1 heterocycles. The van der Waals surface area contributed by atoms with Crippen LogP contribution in [0.4, 0.5) is 0 Å². The Morgan fingerprint density at radius 3 is 0.644 bits per heavy atom. The molecule has 0 bridgehead atoms. The average Bonchev–Trinajstić information content (AvgIpc) is 3.64. The zero-order chi connectivity index (χ0) is 64.1. The third-order valence-electron chi connectivity index (χ3n) is 12.0. The fraction of sp³-hybridized carbons (Fsp3) is 0.882. The second-order valence-electron chi connectivity index (χ2n) is 19.6. The normalized spacial score (nSPS) is 15.8. The number of carbonyl (C=O) groups excluding carboxylic acids is 3. The van der Waals surface area contributed by atoms with Gasteiger partial charge in [0.15, 0.2) is 0 Å². The molecule has 0 spiro atoms. The fourth-order valence-electron chi connectivity index (χ4n) is 7.40. The molecule has 3 amide bonds. The quantitative estimate of drug-likeness (QED) is 0.0253. The number of hydrogen-bond acceptors (Lipinski definition) is 24. The molecule has 1 fully saturated rings.